The van der Waals surface area contributed by atoms with E-state index in [1.54, 1.807) is 21.0 Å². The van der Waals surface area contributed by atoms with Gasteiger partial charge in [-0.1, -0.05) is 6.92 Å². The van der Waals surface area contributed by atoms with E-state index in [1.807, 2.05) is 0 Å². The van der Waals surface area contributed by atoms with Crippen LogP contribution in [-0.2, 0) is 10.0 Å². The standard InChI is InChI=1S/C6H15ClN2O2S/c1-6(4-7)5-12(10,11)8-9(2)3/h6,8H,4-5H2,1-3H3. The summed E-state index contributed by atoms with van der Waals surface area (Å²) in [5.74, 6) is 0.396. The Hall–Kier alpha value is 0.160. The Morgan fingerprint density at radius 1 is 1.50 bits per heavy atom. The summed E-state index contributed by atoms with van der Waals surface area (Å²) in [6.07, 6.45) is 0. The van der Waals surface area contributed by atoms with Crippen molar-refractivity contribution < 1.29 is 8.42 Å². The first-order valence-corrected chi connectivity index (χ1v) is 5.79. The fourth-order valence-electron chi connectivity index (χ4n) is 0.735. The smallest absolute Gasteiger partial charge is 0.224 e. The van der Waals surface area contributed by atoms with Gasteiger partial charge in [-0.2, -0.15) is 0 Å². The highest BCUT2D eigenvalue weighted by Gasteiger charge is 2.14. The number of halogens is 1. The number of nitrogens with zero attached hydrogens (tertiary/aromatic N) is 1. The highest BCUT2D eigenvalue weighted by Crippen LogP contribution is 2.01. The molecule has 12 heavy (non-hydrogen) atoms. The van der Waals surface area contributed by atoms with Crippen molar-refractivity contribution in [2.45, 2.75) is 6.92 Å². The van der Waals surface area contributed by atoms with Crippen molar-refractivity contribution >= 4 is 21.6 Å². The third kappa shape index (κ3) is 5.77. The molecule has 0 aromatic heterocycles. The number of alkyl halides is 1. The Morgan fingerprint density at radius 3 is 2.33 bits per heavy atom. The van der Waals surface area contributed by atoms with Crippen LogP contribution in [0.1, 0.15) is 6.92 Å². The number of hydrazine groups is 1. The van der Waals surface area contributed by atoms with Crippen molar-refractivity contribution in [1.29, 1.82) is 0 Å². The van der Waals surface area contributed by atoms with Crippen LogP contribution in [0.3, 0.4) is 0 Å². The number of sulfonamides is 1. The minimum atomic E-state index is -3.20. The van der Waals surface area contributed by atoms with Gasteiger partial charge in [0, 0.05) is 20.0 Å². The average molecular weight is 215 g/mol. The van der Waals surface area contributed by atoms with Crippen LogP contribution in [0, 0.1) is 5.92 Å². The topological polar surface area (TPSA) is 49.4 Å². The van der Waals surface area contributed by atoms with E-state index in [0.29, 0.717) is 5.88 Å². The normalized spacial score (nSPS) is 15.1. The van der Waals surface area contributed by atoms with Crippen LogP contribution in [0.2, 0.25) is 0 Å². The number of rotatable bonds is 5. The Labute approximate surface area is 78.9 Å². The van der Waals surface area contributed by atoms with Crippen molar-refractivity contribution in [3.05, 3.63) is 0 Å². The van der Waals surface area contributed by atoms with Gasteiger partial charge in [-0.25, -0.2) is 13.4 Å². The SMILES string of the molecule is CC(CCl)CS(=O)(=O)NN(C)C. The van der Waals surface area contributed by atoms with Crippen LogP contribution in [0.25, 0.3) is 0 Å². The molecule has 0 aromatic carbocycles. The molecule has 0 saturated carbocycles. The molecule has 6 heteroatoms. The molecular weight excluding hydrogens is 200 g/mol. The van der Waals surface area contributed by atoms with Gasteiger partial charge in [0.1, 0.15) is 0 Å². The molecule has 0 heterocycles. The van der Waals surface area contributed by atoms with E-state index in [4.69, 9.17) is 11.6 Å². The maximum Gasteiger partial charge on any atom is 0.224 e. The summed E-state index contributed by atoms with van der Waals surface area (Å²) >= 11 is 5.49. The summed E-state index contributed by atoms with van der Waals surface area (Å²) in [5.41, 5.74) is 0. The number of hydrogen-bond donors (Lipinski definition) is 1. The molecule has 0 radical (unpaired) electrons. The molecule has 0 bridgehead atoms. The summed E-state index contributed by atoms with van der Waals surface area (Å²) in [4.78, 5) is 2.33. The molecule has 0 fully saturated rings. The Morgan fingerprint density at radius 2 is 2.00 bits per heavy atom. The fraction of sp³-hybridized carbons (Fsp3) is 1.00. The summed E-state index contributed by atoms with van der Waals surface area (Å²) in [6, 6.07) is 0. The van der Waals surface area contributed by atoms with Crippen LogP contribution in [-0.4, -0.2) is 39.2 Å². The molecule has 0 amide bonds. The quantitative estimate of drug-likeness (QED) is 0.528. The second-order valence-corrected chi connectivity index (χ2v) is 5.08. The van der Waals surface area contributed by atoms with Gasteiger partial charge in [0.15, 0.2) is 0 Å². The largest absolute Gasteiger partial charge is 0.237 e. The molecule has 0 rings (SSSR count). The molecule has 0 aliphatic heterocycles. The highest BCUT2D eigenvalue weighted by molar-refractivity contribution is 7.89. The van der Waals surface area contributed by atoms with E-state index in [1.165, 1.54) is 5.01 Å². The van der Waals surface area contributed by atoms with Crippen LogP contribution in [0.4, 0.5) is 0 Å². The second-order valence-electron chi connectivity index (χ2n) is 3.03. The van der Waals surface area contributed by atoms with Gasteiger partial charge in [-0.3, -0.25) is 0 Å². The minimum absolute atomic E-state index is 0.0240. The zero-order valence-electron chi connectivity index (χ0n) is 7.54. The van der Waals surface area contributed by atoms with E-state index in [2.05, 4.69) is 4.83 Å². The Balaban J connectivity index is 4.05. The monoisotopic (exact) mass is 214 g/mol. The molecule has 1 atom stereocenters. The van der Waals surface area contributed by atoms with Crippen LogP contribution >= 0.6 is 11.6 Å². The molecule has 4 nitrogen and oxygen atoms in total. The Kier molecular flexibility index (Phi) is 5.08. The molecule has 0 saturated heterocycles. The van der Waals surface area contributed by atoms with E-state index in [-0.39, 0.29) is 11.7 Å². The summed E-state index contributed by atoms with van der Waals surface area (Å²) < 4.78 is 22.4. The highest BCUT2D eigenvalue weighted by atomic mass is 35.5. The van der Waals surface area contributed by atoms with Gasteiger partial charge in [-0.05, 0) is 5.92 Å². The van der Waals surface area contributed by atoms with E-state index < -0.39 is 10.0 Å². The van der Waals surface area contributed by atoms with Gasteiger partial charge in [0.2, 0.25) is 10.0 Å². The van der Waals surface area contributed by atoms with Gasteiger partial charge < -0.3 is 0 Å². The molecule has 74 valence electrons. The van der Waals surface area contributed by atoms with E-state index in [0.717, 1.165) is 0 Å². The van der Waals surface area contributed by atoms with Crippen LogP contribution in [0.5, 0.6) is 0 Å². The second kappa shape index (κ2) is 5.01. The van der Waals surface area contributed by atoms with Crippen molar-refractivity contribution in [1.82, 2.24) is 9.84 Å². The van der Waals surface area contributed by atoms with E-state index >= 15 is 0 Å². The van der Waals surface area contributed by atoms with Gasteiger partial charge in [0.25, 0.3) is 0 Å². The lowest BCUT2D eigenvalue weighted by atomic mass is 10.3. The van der Waals surface area contributed by atoms with Crippen molar-refractivity contribution in [3.8, 4) is 0 Å². The summed E-state index contributed by atoms with van der Waals surface area (Å²) in [6.45, 7) is 1.79. The van der Waals surface area contributed by atoms with Gasteiger partial charge in [0.05, 0.1) is 5.75 Å². The van der Waals surface area contributed by atoms with Crippen molar-refractivity contribution in [3.63, 3.8) is 0 Å². The first-order chi connectivity index (χ1) is 5.37. The molecular formula is C6H15ClN2O2S. The van der Waals surface area contributed by atoms with Crippen molar-refractivity contribution in [2.75, 3.05) is 25.7 Å². The lowest BCUT2D eigenvalue weighted by molar-refractivity contribution is 0.362. The summed E-state index contributed by atoms with van der Waals surface area (Å²) in [7, 11) is 0.0551. The maximum absolute atomic E-state index is 11.2. The molecule has 0 aliphatic rings. The van der Waals surface area contributed by atoms with Crippen LogP contribution in [0.15, 0.2) is 0 Å². The van der Waals surface area contributed by atoms with E-state index in [9.17, 15) is 8.42 Å². The molecule has 0 aliphatic carbocycles. The van der Waals surface area contributed by atoms with Gasteiger partial charge >= 0.3 is 0 Å². The minimum Gasteiger partial charge on any atom is -0.237 e. The first-order valence-electron chi connectivity index (χ1n) is 3.61. The fourth-order valence-corrected chi connectivity index (χ4v) is 2.47. The number of hydrogen-bond acceptors (Lipinski definition) is 3. The molecule has 0 spiro atoms. The molecule has 1 N–H and O–H groups in total. The van der Waals surface area contributed by atoms with Crippen molar-refractivity contribution in [2.24, 2.45) is 5.92 Å². The predicted octanol–water partition coefficient (Wildman–Crippen LogP) is 0.257. The zero-order chi connectivity index (χ0) is 9.78. The van der Waals surface area contributed by atoms with Crippen LogP contribution < -0.4 is 4.83 Å². The predicted molar refractivity (Wildman–Crippen MR) is 50.5 cm³/mol. The molecule has 1 unspecified atom stereocenters. The molecule has 0 aromatic rings. The first kappa shape index (κ1) is 12.2. The average Bonchev–Trinajstić information content (AvgIpc) is 1.83. The van der Waals surface area contributed by atoms with Gasteiger partial charge in [-0.15, -0.1) is 16.4 Å². The summed E-state index contributed by atoms with van der Waals surface area (Å²) in [5, 5.41) is 1.40. The Bertz CT molecular complexity index is 216. The number of nitrogens with one attached hydrogen (secondary N) is 1. The lowest BCUT2D eigenvalue weighted by Crippen LogP contribution is -2.39. The zero-order valence-corrected chi connectivity index (χ0v) is 9.11. The third-order valence-electron chi connectivity index (χ3n) is 1.09. The third-order valence-corrected chi connectivity index (χ3v) is 3.27. The maximum atomic E-state index is 11.2. The lowest BCUT2D eigenvalue weighted by Gasteiger charge is -2.14.